The van der Waals surface area contributed by atoms with Crippen LogP contribution in [0.4, 0.5) is 5.69 Å². The molecule has 0 radical (unpaired) electrons. The average molecular weight is 256 g/mol. The lowest BCUT2D eigenvalue weighted by Crippen LogP contribution is -2.26. The molecule has 0 aromatic heterocycles. The van der Waals surface area contributed by atoms with Crippen molar-refractivity contribution in [2.75, 3.05) is 30.5 Å². The smallest absolute Gasteiger partial charge is 0.149 e. The molecule has 1 rings (SSSR count). The summed E-state index contributed by atoms with van der Waals surface area (Å²) in [5.74, 6) is 0.150. The summed E-state index contributed by atoms with van der Waals surface area (Å²) >= 11 is 0. The van der Waals surface area contributed by atoms with Crippen molar-refractivity contribution in [3.8, 4) is 0 Å². The molecule has 1 aromatic rings. The van der Waals surface area contributed by atoms with Crippen molar-refractivity contribution >= 4 is 15.5 Å². The SMILES string of the molecule is CC(N)c1ccccc1N(C)CCS(C)(=O)=O. The molecule has 0 aliphatic carbocycles. The molecule has 4 nitrogen and oxygen atoms in total. The van der Waals surface area contributed by atoms with Crippen molar-refractivity contribution in [1.29, 1.82) is 0 Å². The normalized spacial score (nSPS) is 13.4. The number of para-hydroxylation sites is 1. The maximum Gasteiger partial charge on any atom is 0.149 e. The molecule has 0 saturated heterocycles. The standard InChI is InChI=1S/C12H20N2O2S/c1-10(13)11-6-4-5-7-12(11)14(2)8-9-17(3,15)16/h4-7,10H,8-9,13H2,1-3H3. The van der Waals surface area contributed by atoms with Crippen molar-refractivity contribution in [2.45, 2.75) is 13.0 Å². The van der Waals surface area contributed by atoms with Gasteiger partial charge in [-0.15, -0.1) is 0 Å². The van der Waals surface area contributed by atoms with Crippen LogP contribution in [0.3, 0.4) is 0 Å². The van der Waals surface area contributed by atoms with E-state index in [2.05, 4.69) is 0 Å². The fraction of sp³-hybridized carbons (Fsp3) is 0.500. The van der Waals surface area contributed by atoms with Crippen molar-refractivity contribution in [3.63, 3.8) is 0 Å². The zero-order valence-electron chi connectivity index (χ0n) is 10.6. The van der Waals surface area contributed by atoms with Gasteiger partial charge in [-0.25, -0.2) is 8.42 Å². The summed E-state index contributed by atoms with van der Waals surface area (Å²) in [4.78, 5) is 1.93. The molecule has 5 heteroatoms. The van der Waals surface area contributed by atoms with Gasteiger partial charge in [0.05, 0.1) is 5.75 Å². The van der Waals surface area contributed by atoms with Crippen LogP contribution in [0, 0.1) is 0 Å². The van der Waals surface area contributed by atoms with E-state index in [9.17, 15) is 8.42 Å². The molecule has 1 atom stereocenters. The van der Waals surface area contributed by atoms with Crippen LogP contribution in [0.15, 0.2) is 24.3 Å². The largest absolute Gasteiger partial charge is 0.373 e. The summed E-state index contributed by atoms with van der Waals surface area (Å²) in [7, 11) is -1.05. The third kappa shape index (κ3) is 4.36. The number of benzene rings is 1. The molecule has 0 aliphatic heterocycles. The van der Waals surface area contributed by atoms with Crippen LogP contribution in [0.5, 0.6) is 0 Å². The van der Waals surface area contributed by atoms with Crippen LogP contribution in [0.25, 0.3) is 0 Å². The van der Waals surface area contributed by atoms with Gasteiger partial charge >= 0.3 is 0 Å². The predicted octanol–water partition coefficient (Wildman–Crippen LogP) is 1.19. The van der Waals surface area contributed by atoms with E-state index >= 15 is 0 Å². The summed E-state index contributed by atoms with van der Waals surface area (Å²) in [6.45, 7) is 2.39. The lowest BCUT2D eigenvalue weighted by molar-refractivity contribution is 0.601. The fourth-order valence-corrected chi connectivity index (χ4v) is 2.25. The van der Waals surface area contributed by atoms with Crippen molar-refractivity contribution in [2.24, 2.45) is 5.73 Å². The van der Waals surface area contributed by atoms with Gasteiger partial charge in [0.25, 0.3) is 0 Å². The van der Waals surface area contributed by atoms with E-state index in [4.69, 9.17) is 5.73 Å². The van der Waals surface area contributed by atoms with E-state index in [1.54, 1.807) is 0 Å². The lowest BCUT2D eigenvalue weighted by Gasteiger charge is -2.23. The minimum Gasteiger partial charge on any atom is -0.373 e. The minimum atomic E-state index is -2.93. The zero-order valence-corrected chi connectivity index (χ0v) is 11.4. The Kier molecular flexibility index (Phi) is 4.54. The Morgan fingerprint density at radius 1 is 1.35 bits per heavy atom. The lowest BCUT2D eigenvalue weighted by atomic mass is 10.1. The topological polar surface area (TPSA) is 63.4 Å². The number of hydrogen-bond acceptors (Lipinski definition) is 4. The van der Waals surface area contributed by atoms with E-state index in [1.165, 1.54) is 6.26 Å². The summed E-state index contributed by atoms with van der Waals surface area (Å²) in [6.07, 6.45) is 1.25. The third-order valence-electron chi connectivity index (χ3n) is 2.64. The van der Waals surface area contributed by atoms with E-state index in [-0.39, 0.29) is 11.8 Å². The van der Waals surface area contributed by atoms with E-state index in [0.717, 1.165) is 11.3 Å². The number of sulfone groups is 1. The number of anilines is 1. The Morgan fingerprint density at radius 3 is 2.47 bits per heavy atom. The first-order chi connectivity index (χ1) is 7.81. The maximum absolute atomic E-state index is 11.1. The first kappa shape index (κ1) is 14.0. The molecule has 0 spiro atoms. The number of nitrogens with two attached hydrogens (primary N) is 1. The highest BCUT2D eigenvalue weighted by atomic mass is 32.2. The molecule has 2 N–H and O–H groups in total. The Labute approximate surface area is 103 Å². The summed E-state index contributed by atoms with van der Waals surface area (Å²) in [6, 6.07) is 7.73. The van der Waals surface area contributed by atoms with E-state index in [0.29, 0.717) is 6.54 Å². The second-order valence-electron chi connectivity index (χ2n) is 4.40. The molecule has 0 aliphatic rings. The summed E-state index contributed by atoms with van der Waals surface area (Å²) < 4.78 is 22.3. The van der Waals surface area contributed by atoms with Gasteiger partial charge in [-0.05, 0) is 18.6 Å². The summed E-state index contributed by atoms with van der Waals surface area (Å²) in [5, 5.41) is 0. The molecule has 1 unspecified atom stereocenters. The second kappa shape index (κ2) is 5.51. The number of rotatable bonds is 5. The van der Waals surface area contributed by atoms with Gasteiger partial charge in [-0.1, -0.05) is 18.2 Å². The Hall–Kier alpha value is -1.07. The molecule has 0 saturated carbocycles. The number of hydrogen-bond donors (Lipinski definition) is 1. The molecular weight excluding hydrogens is 236 g/mol. The van der Waals surface area contributed by atoms with Crippen LogP contribution in [0.2, 0.25) is 0 Å². The molecule has 1 aromatic carbocycles. The van der Waals surface area contributed by atoms with E-state index < -0.39 is 9.84 Å². The molecule has 17 heavy (non-hydrogen) atoms. The molecule has 0 heterocycles. The van der Waals surface area contributed by atoms with Crippen molar-refractivity contribution < 1.29 is 8.42 Å². The highest BCUT2D eigenvalue weighted by Gasteiger charge is 2.11. The fourth-order valence-electron chi connectivity index (χ4n) is 1.64. The van der Waals surface area contributed by atoms with Crippen molar-refractivity contribution in [3.05, 3.63) is 29.8 Å². The molecule has 0 fully saturated rings. The first-order valence-electron chi connectivity index (χ1n) is 5.54. The van der Waals surface area contributed by atoms with Gasteiger partial charge in [0.15, 0.2) is 0 Å². The van der Waals surface area contributed by atoms with Crippen LogP contribution in [-0.2, 0) is 9.84 Å². The van der Waals surface area contributed by atoms with Gasteiger partial charge in [-0.3, -0.25) is 0 Å². The molecule has 96 valence electrons. The van der Waals surface area contributed by atoms with Gasteiger partial charge < -0.3 is 10.6 Å². The predicted molar refractivity (Wildman–Crippen MR) is 72.0 cm³/mol. The molecular formula is C12H20N2O2S. The molecule has 0 bridgehead atoms. The maximum atomic E-state index is 11.1. The van der Waals surface area contributed by atoms with Crippen LogP contribution >= 0.6 is 0 Å². The summed E-state index contributed by atoms with van der Waals surface area (Å²) in [5.41, 5.74) is 7.91. The van der Waals surface area contributed by atoms with E-state index in [1.807, 2.05) is 43.1 Å². The van der Waals surface area contributed by atoms with Crippen molar-refractivity contribution in [1.82, 2.24) is 0 Å². The average Bonchev–Trinajstić information content (AvgIpc) is 2.25. The monoisotopic (exact) mass is 256 g/mol. The Morgan fingerprint density at radius 2 is 1.94 bits per heavy atom. The second-order valence-corrected chi connectivity index (χ2v) is 6.66. The van der Waals surface area contributed by atoms with Gasteiger partial charge in [0.1, 0.15) is 9.84 Å². The Balaban J connectivity index is 2.85. The zero-order chi connectivity index (χ0) is 13.1. The van der Waals surface area contributed by atoms with Crippen LogP contribution < -0.4 is 10.6 Å². The molecule has 0 amide bonds. The highest BCUT2D eigenvalue weighted by molar-refractivity contribution is 7.90. The van der Waals surface area contributed by atoms with Crippen LogP contribution in [-0.4, -0.2) is 34.0 Å². The number of nitrogens with zero attached hydrogens (tertiary/aromatic N) is 1. The minimum absolute atomic E-state index is 0.0631. The quantitative estimate of drug-likeness (QED) is 0.859. The Bertz CT molecular complexity index is 469. The first-order valence-corrected chi connectivity index (χ1v) is 7.60. The third-order valence-corrected chi connectivity index (χ3v) is 3.56. The highest BCUT2D eigenvalue weighted by Crippen LogP contribution is 2.23. The van der Waals surface area contributed by atoms with Gasteiger partial charge in [0, 0.05) is 31.6 Å². The van der Waals surface area contributed by atoms with Gasteiger partial charge in [0.2, 0.25) is 0 Å². The van der Waals surface area contributed by atoms with Crippen LogP contribution in [0.1, 0.15) is 18.5 Å². The van der Waals surface area contributed by atoms with Gasteiger partial charge in [-0.2, -0.15) is 0 Å².